The molecule has 3 nitrogen and oxygen atoms in total. The Balaban J connectivity index is 2.11. The molecule has 19 heavy (non-hydrogen) atoms. The second kappa shape index (κ2) is 6.55. The largest absolute Gasteiger partial charge is 0.371 e. The molecule has 1 N–H and O–H groups in total. The van der Waals surface area contributed by atoms with Gasteiger partial charge in [0.1, 0.15) is 5.82 Å². The Hall–Kier alpha value is -1.58. The number of anilines is 2. The van der Waals surface area contributed by atoms with E-state index in [1.165, 1.54) is 25.3 Å². The Morgan fingerprint density at radius 1 is 1.32 bits per heavy atom. The molecular weight excluding hydrogens is 243 g/mol. The quantitative estimate of drug-likeness (QED) is 0.902. The molecule has 0 spiro atoms. The minimum Gasteiger partial charge on any atom is -0.371 e. The van der Waals surface area contributed by atoms with Crippen LogP contribution in [0.2, 0.25) is 0 Å². The van der Waals surface area contributed by atoms with E-state index in [2.05, 4.69) is 10.2 Å². The first-order valence-corrected chi connectivity index (χ1v) is 7.05. The van der Waals surface area contributed by atoms with Gasteiger partial charge in [0.2, 0.25) is 5.91 Å². The summed E-state index contributed by atoms with van der Waals surface area (Å²) < 4.78 is 13.7. The van der Waals surface area contributed by atoms with Crippen molar-refractivity contribution in [2.75, 3.05) is 23.3 Å². The normalized spacial score (nSPS) is 15.4. The van der Waals surface area contributed by atoms with E-state index in [4.69, 9.17) is 0 Å². The number of halogens is 1. The van der Waals surface area contributed by atoms with Gasteiger partial charge in [0.15, 0.2) is 0 Å². The molecule has 1 amide bonds. The highest BCUT2D eigenvalue weighted by molar-refractivity contribution is 5.91. The molecule has 1 aliphatic rings. The first kappa shape index (κ1) is 13.8. The SMILES string of the molecule is CCCC(=O)Nc1cc(N2CCCCC2)ccc1F. The van der Waals surface area contributed by atoms with Crippen LogP contribution in [0.15, 0.2) is 18.2 Å². The zero-order chi connectivity index (χ0) is 13.7. The van der Waals surface area contributed by atoms with Crippen LogP contribution in [-0.4, -0.2) is 19.0 Å². The van der Waals surface area contributed by atoms with Gasteiger partial charge in [-0.1, -0.05) is 6.92 Å². The number of rotatable bonds is 4. The van der Waals surface area contributed by atoms with Gasteiger partial charge in [-0.3, -0.25) is 4.79 Å². The highest BCUT2D eigenvalue weighted by atomic mass is 19.1. The summed E-state index contributed by atoms with van der Waals surface area (Å²) in [5, 5.41) is 2.65. The summed E-state index contributed by atoms with van der Waals surface area (Å²) in [6, 6.07) is 4.97. The van der Waals surface area contributed by atoms with Crippen LogP contribution in [0.5, 0.6) is 0 Å². The van der Waals surface area contributed by atoms with Gasteiger partial charge >= 0.3 is 0 Å². The highest BCUT2D eigenvalue weighted by Gasteiger charge is 2.13. The van der Waals surface area contributed by atoms with Gasteiger partial charge in [0.05, 0.1) is 5.69 Å². The van der Waals surface area contributed by atoms with Crippen LogP contribution in [-0.2, 0) is 4.79 Å². The van der Waals surface area contributed by atoms with Gasteiger partial charge in [-0.15, -0.1) is 0 Å². The zero-order valence-electron chi connectivity index (χ0n) is 11.4. The molecule has 0 aromatic heterocycles. The van der Waals surface area contributed by atoms with E-state index >= 15 is 0 Å². The van der Waals surface area contributed by atoms with E-state index in [1.807, 2.05) is 6.92 Å². The molecule has 1 saturated heterocycles. The lowest BCUT2D eigenvalue weighted by Gasteiger charge is -2.29. The van der Waals surface area contributed by atoms with Gasteiger partial charge in [0.25, 0.3) is 0 Å². The maximum absolute atomic E-state index is 13.7. The Kier molecular flexibility index (Phi) is 4.77. The Labute approximate surface area is 113 Å². The number of nitrogens with one attached hydrogen (secondary N) is 1. The van der Waals surface area contributed by atoms with Gasteiger partial charge in [0, 0.05) is 25.2 Å². The van der Waals surface area contributed by atoms with Crippen molar-refractivity contribution in [3.63, 3.8) is 0 Å². The molecule has 1 aromatic carbocycles. The van der Waals surface area contributed by atoms with Crippen LogP contribution in [0.1, 0.15) is 39.0 Å². The molecule has 2 rings (SSSR count). The number of benzene rings is 1. The molecule has 1 fully saturated rings. The average Bonchev–Trinajstić information content (AvgIpc) is 2.42. The maximum Gasteiger partial charge on any atom is 0.224 e. The maximum atomic E-state index is 13.7. The van der Waals surface area contributed by atoms with Crippen LogP contribution in [0.25, 0.3) is 0 Å². The topological polar surface area (TPSA) is 32.3 Å². The standard InChI is InChI=1S/C15H21FN2O/c1-2-6-15(19)17-14-11-12(7-8-13(14)16)18-9-4-3-5-10-18/h7-8,11H,2-6,9-10H2,1H3,(H,17,19). The third kappa shape index (κ3) is 3.69. The van der Waals surface area contributed by atoms with Crippen LogP contribution < -0.4 is 10.2 Å². The summed E-state index contributed by atoms with van der Waals surface area (Å²) in [5.74, 6) is -0.498. The van der Waals surface area contributed by atoms with Crippen molar-refractivity contribution in [3.8, 4) is 0 Å². The monoisotopic (exact) mass is 264 g/mol. The number of carbonyl (C=O) groups is 1. The van der Waals surface area contributed by atoms with Gasteiger partial charge in [-0.25, -0.2) is 4.39 Å². The van der Waals surface area contributed by atoms with Crippen molar-refractivity contribution in [2.45, 2.75) is 39.0 Å². The fraction of sp³-hybridized carbons (Fsp3) is 0.533. The first-order valence-electron chi connectivity index (χ1n) is 7.05. The predicted molar refractivity (Wildman–Crippen MR) is 76.0 cm³/mol. The second-order valence-corrected chi connectivity index (χ2v) is 5.01. The molecule has 1 aromatic rings. The summed E-state index contributed by atoms with van der Waals surface area (Å²) in [7, 11) is 0. The van der Waals surface area contributed by atoms with E-state index in [-0.39, 0.29) is 11.7 Å². The highest BCUT2D eigenvalue weighted by Crippen LogP contribution is 2.25. The molecule has 1 heterocycles. The van der Waals surface area contributed by atoms with Crippen molar-refractivity contribution < 1.29 is 9.18 Å². The van der Waals surface area contributed by atoms with Crippen molar-refractivity contribution in [1.82, 2.24) is 0 Å². The summed E-state index contributed by atoms with van der Waals surface area (Å²) in [4.78, 5) is 13.8. The van der Waals surface area contributed by atoms with Crippen molar-refractivity contribution >= 4 is 17.3 Å². The summed E-state index contributed by atoms with van der Waals surface area (Å²) >= 11 is 0. The number of hydrogen-bond acceptors (Lipinski definition) is 2. The molecule has 1 aliphatic heterocycles. The zero-order valence-corrected chi connectivity index (χ0v) is 11.4. The molecule has 0 radical (unpaired) electrons. The molecule has 0 atom stereocenters. The summed E-state index contributed by atoms with van der Waals surface area (Å²) in [5.41, 5.74) is 1.29. The Morgan fingerprint density at radius 2 is 2.05 bits per heavy atom. The van der Waals surface area contributed by atoms with Crippen LogP contribution in [0.3, 0.4) is 0 Å². The summed E-state index contributed by atoms with van der Waals surface area (Å²) in [6.45, 7) is 3.95. The minimum absolute atomic E-state index is 0.128. The molecule has 0 aliphatic carbocycles. The third-order valence-electron chi connectivity index (χ3n) is 3.42. The van der Waals surface area contributed by atoms with Crippen molar-refractivity contribution in [3.05, 3.63) is 24.0 Å². The minimum atomic E-state index is -0.370. The van der Waals surface area contributed by atoms with Crippen LogP contribution in [0.4, 0.5) is 15.8 Å². The molecular formula is C15H21FN2O. The second-order valence-electron chi connectivity index (χ2n) is 5.01. The van der Waals surface area contributed by atoms with E-state index in [0.717, 1.165) is 25.2 Å². The van der Waals surface area contributed by atoms with Gasteiger partial charge < -0.3 is 10.2 Å². The molecule has 4 heteroatoms. The van der Waals surface area contributed by atoms with Gasteiger partial charge in [-0.2, -0.15) is 0 Å². The van der Waals surface area contributed by atoms with Gasteiger partial charge in [-0.05, 0) is 43.9 Å². The number of hydrogen-bond donors (Lipinski definition) is 1. The number of amides is 1. The average molecular weight is 264 g/mol. The van der Waals surface area contributed by atoms with E-state index in [1.54, 1.807) is 12.1 Å². The van der Waals surface area contributed by atoms with Crippen LogP contribution in [0, 0.1) is 5.82 Å². The van der Waals surface area contributed by atoms with Crippen molar-refractivity contribution in [2.24, 2.45) is 0 Å². The first-order chi connectivity index (χ1) is 9.20. The summed E-state index contributed by atoms with van der Waals surface area (Å²) in [6.07, 6.45) is 4.80. The Morgan fingerprint density at radius 3 is 2.74 bits per heavy atom. The van der Waals surface area contributed by atoms with E-state index in [0.29, 0.717) is 12.1 Å². The lowest BCUT2D eigenvalue weighted by atomic mass is 10.1. The lowest BCUT2D eigenvalue weighted by Crippen LogP contribution is -2.29. The third-order valence-corrected chi connectivity index (χ3v) is 3.42. The Bertz CT molecular complexity index is 442. The molecule has 0 bridgehead atoms. The number of carbonyl (C=O) groups excluding carboxylic acids is 1. The fourth-order valence-electron chi connectivity index (χ4n) is 2.40. The smallest absolute Gasteiger partial charge is 0.224 e. The van der Waals surface area contributed by atoms with E-state index < -0.39 is 0 Å². The molecule has 0 saturated carbocycles. The van der Waals surface area contributed by atoms with Crippen molar-refractivity contribution in [1.29, 1.82) is 0 Å². The lowest BCUT2D eigenvalue weighted by molar-refractivity contribution is -0.116. The predicted octanol–water partition coefficient (Wildman–Crippen LogP) is 3.55. The number of nitrogens with zero attached hydrogens (tertiary/aromatic N) is 1. The fourth-order valence-corrected chi connectivity index (χ4v) is 2.40. The number of piperidine rings is 1. The molecule has 0 unspecified atom stereocenters. The molecule has 104 valence electrons. The van der Waals surface area contributed by atoms with E-state index in [9.17, 15) is 9.18 Å². The van der Waals surface area contributed by atoms with Crippen LogP contribution >= 0.6 is 0 Å².